The van der Waals surface area contributed by atoms with Crippen LogP contribution in [-0.4, -0.2) is 78.1 Å². The molecule has 0 radical (unpaired) electrons. The number of amides is 2. The number of piperazine rings is 1. The van der Waals surface area contributed by atoms with E-state index in [4.69, 9.17) is 0 Å². The quantitative estimate of drug-likeness (QED) is 0.817. The molecule has 2 aliphatic heterocycles. The first-order valence-electron chi connectivity index (χ1n) is 12.1. The van der Waals surface area contributed by atoms with Crippen LogP contribution in [0.3, 0.4) is 0 Å². The summed E-state index contributed by atoms with van der Waals surface area (Å²) in [5.74, 6) is 0.589. The van der Waals surface area contributed by atoms with E-state index < -0.39 is 0 Å². The third kappa shape index (κ3) is 5.00. The standard InChI is InChI=1S/C25H40N4O/c1-19(2)27-15-17-28(18-16-27)24-6-4-5-23(24)26-25(30)29-13-11-22(12-14-29)21-9-7-20(3)8-10-21/h7-10,19,22-24H,4-6,11-18H2,1-3H3,(H,26,30)/t23-,24-/m0/s1. The Morgan fingerprint density at radius 1 is 0.933 bits per heavy atom. The van der Waals surface area contributed by atoms with Crippen LogP contribution in [0.1, 0.15) is 63.0 Å². The lowest BCUT2D eigenvalue weighted by atomic mass is 9.89. The van der Waals surface area contributed by atoms with Gasteiger partial charge in [-0.05, 0) is 64.4 Å². The van der Waals surface area contributed by atoms with Crippen molar-refractivity contribution in [1.82, 2.24) is 20.0 Å². The van der Waals surface area contributed by atoms with Crippen molar-refractivity contribution in [2.75, 3.05) is 39.3 Å². The average molecular weight is 413 g/mol. The normalized spacial score (nSPS) is 27.0. The molecule has 1 aromatic rings. The van der Waals surface area contributed by atoms with Crippen molar-refractivity contribution in [3.05, 3.63) is 35.4 Å². The zero-order valence-electron chi connectivity index (χ0n) is 19.1. The summed E-state index contributed by atoms with van der Waals surface area (Å²) in [5, 5.41) is 3.42. The van der Waals surface area contributed by atoms with E-state index in [1.54, 1.807) is 0 Å². The zero-order chi connectivity index (χ0) is 21.1. The summed E-state index contributed by atoms with van der Waals surface area (Å²) in [6.07, 6.45) is 5.72. The summed E-state index contributed by atoms with van der Waals surface area (Å²) in [4.78, 5) is 20.3. The van der Waals surface area contributed by atoms with Crippen molar-refractivity contribution in [3.63, 3.8) is 0 Å². The fourth-order valence-corrected chi connectivity index (χ4v) is 5.64. The van der Waals surface area contributed by atoms with Gasteiger partial charge in [0.05, 0.1) is 0 Å². The van der Waals surface area contributed by atoms with Gasteiger partial charge in [-0.3, -0.25) is 9.80 Å². The van der Waals surface area contributed by atoms with Crippen LogP contribution in [0.25, 0.3) is 0 Å². The summed E-state index contributed by atoms with van der Waals surface area (Å²) in [5.41, 5.74) is 2.74. The molecule has 1 aromatic carbocycles. The van der Waals surface area contributed by atoms with E-state index in [0.717, 1.165) is 58.5 Å². The summed E-state index contributed by atoms with van der Waals surface area (Å²) in [6.45, 7) is 13.0. The number of aryl methyl sites for hydroxylation is 1. The molecule has 4 rings (SSSR count). The van der Waals surface area contributed by atoms with Gasteiger partial charge in [-0.2, -0.15) is 0 Å². The smallest absolute Gasteiger partial charge is 0.317 e. The number of rotatable bonds is 4. The number of likely N-dealkylation sites (tertiary alicyclic amines) is 1. The van der Waals surface area contributed by atoms with E-state index >= 15 is 0 Å². The predicted molar refractivity (Wildman–Crippen MR) is 123 cm³/mol. The molecule has 5 nitrogen and oxygen atoms in total. The number of nitrogens with zero attached hydrogens (tertiary/aromatic N) is 3. The molecule has 0 unspecified atom stereocenters. The largest absolute Gasteiger partial charge is 0.334 e. The van der Waals surface area contributed by atoms with Gasteiger partial charge in [-0.1, -0.05) is 29.8 Å². The molecule has 3 fully saturated rings. The first kappa shape index (κ1) is 21.6. The molecule has 0 spiro atoms. The Balaban J connectivity index is 1.26. The number of urea groups is 1. The predicted octanol–water partition coefficient (Wildman–Crippen LogP) is 3.83. The highest BCUT2D eigenvalue weighted by atomic mass is 16.2. The lowest BCUT2D eigenvalue weighted by Crippen LogP contribution is -2.57. The maximum absolute atomic E-state index is 13.0. The second-order valence-corrected chi connectivity index (χ2v) is 9.89. The zero-order valence-corrected chi connectivity index (χ0v) is 19.1. The molecule has 1 saturated carbocycles. The van der Waals surface area contributed by atoms with Gasteiger partial charge in [0, 0.05) is 57.4 Å². The Morgan fingerprint density at radius 2 is 1.60 bits per heavy atom. The lowest BCUT2D eigenvalue weighted by Gasteiger charge is -2.42. The van der Waals surface area contributed by atoms with Crippen LogP contribution >= 0.6 is 0 Å². The lowest BCUT2D eigenvalue weighted by molar-refractivity contribution is 0.0705. The highest BCUT2D eigenvalue weighted by Crippen LogP contribution is 2.29. The van der Waals surface area contributed by atoms with E-state index in [1.165, 1.54) is 24.0 Å². The monoisotopic (exact) mass is 412 g/mol. The van der Waals surface area contributed by atoms with Gasteiger partial charge in [0.25, 0.3) is 0 Å². The van der Waals surface area contributed by atoms with Crippen LogP contribution < -0.4 is 5.32 Å². The summed E-state index contributed by atoms with van der Waals surface area (Å²) >= 11 is 0. The van der Waals surface area contributed by atoms with Gasteiger partial charge in [0.1, 0.15) is 0 Å². The van der Waals surface area contributed by atoms with Crippen LogP contribution in [0.4, 0.5) is 4.79 Å². The minimum Gasteiger partial charge on any atom is -0.334 e. The Kier molecular flexibility index (Phi) is 6.99. The van der Waals surface area contributed by atoms with Crippen molar-refractivity contribution < 1.29 is 4.79 Å². The fraction of sp³-hybridized carbons (Fsp3) is 0.720. The SMILES string of the molecule is Cc1ccc(C2CCN(C(=O)N[C@H]3CCC[C@@H]3N3CCN(C(C)C)CC3)CC2)cc1. The van der Waals surface area contributed by atoms with Crippen molar-refractivity contribution >= 4 is 6.03 Å². The van der Waals surface area contributed by atoms with E-state index in [-0.39, 0.29) is 6.03 Å². The first-order valence-corrected chi connectivity index (χ1v) is 12.1. The molecule has 2 atom stereocenters. The fourth-order valence-electron chi connectivity index (χ4n) is 5.64. The van der Waals surface area contributed by atoms with Gasteiger partial charge in [0.15, 0.2) is 0 Å². The molecular formula is C25H40N4O. The maximum Gasteiger partial charge on any atom is 0.317 e. The number of benzene rings is 1. The molecule has 1 aliphatic carbocycles. The molecule has 2 amide bonds. The van der Waals surface area contributed by atoms with Crippen LogP contribution in [0.15, 0.2) is 24.3 Å². The minimum atomic E-state index is 0.162. The van der Waals surface area contributed by atoms with Crippen molar-refractivity contribution in [2.24, 2.45) is 0 Å². The molecule has 1 N–H and O–H groups in total. The van der Waals surface area contributed by atoms with E-state index in [9.17, 15) is 4.79 Å². The number of hydrogen-bond acceptors (Lipinski definition) is 3. The molecule has 2 saturated heterocycles. The minimum absolute atomic E-state index is 0.162. The molecule has 30 heavy (non-hydrogen) atoms. The van der Waals surface area contributed by atoms with Gasteiger partial charge >= 0.3 is 6.03 Å². The second-order valence-electron chi connectivity index (χ2n) is 9.89. The average Bonchev–Trinajstić information content (AvgIpc) is 3.22. The molecular weight excluding hydrogens is 372 g/mol. The highest BCUT2D eigenvalue weighted by Gasteiger charge is 2.36. The maximum atomic E-state index is 13.0. The van der Waals surface area contributed by atoms with Crippen molar-refractivity contribution in [1.29, 1.82) is 0 Å². The van der Waals surface area contributed by atoms with E-state index in [1.807, 2.05) is 0 Å². The van der Waals surface area contributed by atoms with Crippen LogP contribution in [0.5, 0.6) is 0 Å². The number of nitrogens with one attached hydrogen (secondary N) is 1. The van der Waals surface area contributed by atoms with E-state index in [0.29, 0.717) is 24.0 Å². The van der Waals surface area contributed by atoms with Crippen LogP contribution in [0, 0.1) is 6.92 Å². The Bertz CT molecular complexity index is 688. The molecule has 0 aromatic heterocycles. The van der Waals surface area contributed by atoms with Gasteiger partial charge in [-0.25, -0.2) is 4.79 Å². The summed E-state index contributed by atoms with van der Waals surface area (Å²) < 4.78 is 0. The number of carbonyl (C=O) groups excluding carboxylic acids is 1. The molecule has 166 valence electrons. The van der Waals surface area contributed by atoms with Crippen LogP contribution in [0.2, 0.25) is 0 Å². The van der Waals surface area contributed by atoms with E-state index in [2.05, 4.69) is 65.1 Å². The van der Waals surface area contributed by atoms with Crippen LogP contribution in [-0.2, 0) is 0 Å². The topological polar surface area (TPSA) is 38.8 Å². The third-order valence-corrected chi connectivity index (χ3v) is 7.67. The summed E-state index contributed by atoms with van der Waals surface area (Å²) in [6, 6.07) is 10.6. The van der Waals surface area contributed by atoms with Gasteiger partial charge < -0.3 is 10.2 Å². The number of piperidine rings is 1. The van der Waals surface area contributed by atoms with Crippen molar-refractivity contribution in [3.8, 4) is 0 Å². The number of carbonyl (C=O) groups is 1. The molecule has 3 aliphatic rings. The first-order chi connectivity index (χ1) is 14.5. The Labute approximate surface area is 182 Å². The van der Waals surface area contributed by atoms with Gasteiger partial charge in [-0.15, -0.1) is 0 Å². The highest BCUT2D eigenvalue weighted by molar-refractivity contribution is 5.74. The van der Waals surface area contributed by atoms with Gasteiger partial charge in [0.2, 0.25) is 0 Å². The Morgan fingerprint density at radius 3 is 2.23 bits per heavy atom. The second kappa shape index (κ2) is 9.69. The molecule has 2 heterocycles. The summed E-state index contributed by atoms with van der Waals surface area (Å²) in [7, 11) is 0. The third-order valence-electron chi connectivity index (χ3n) is 7.67. The molecule has 0 bridgehead atoms. The Hall–Kier alpha value is -1.59. The molecule has 5 heteroatoms. The number of hydrogen-bond donors (Lipinski definition) is 1. The van der Waals surface area contributed by atoms with Crippen molar-refractivity contribution in [2.45, 2.75) is 76.9 Å².